The van der Waals surface area contributed by atoms with E-state index in [0.29, 0.717) is 6.04 Å². The highest BCUT2D eigenvalue weighted by Gasteiger charge is 2.55. The Bertz CT molecular complexity index is 637. The number of rotatable bonds is 4. The molecule has 0 aliphatic heterocycles. The van der Waals surface area contributed by atoms with Crippen LogP contribution in [0.15, 0.2) is 48.5 Å². The van der Waals surface area contributed by atoms with Gasteiger partial charge in [0.15, 0.2) is 0 Å². The molecule has 0 saturated heterocycles. The van der Waals surface area contributed by atoms with Crippen LogP contribution in [-0.2, 0) is 13.0 Å². The first-order chi connectivity index (χ1) is 9.88. The molecule has 3 unspecified atom stereocenters. The number of hydrogen-bond donors (Lipinski definition) is 1. The van der Waals surface area contributed by atoms with Gasteiger partial charge in [-0.25, -0.2) is 0 Å². The molecule has 0 heterocycles. The summed E-state index contributed by atoms with van der Waals surface area (Å²) < 4.78 is 5.41. The summed E-state index contributed by atoms with van der Waals surface area (Å²) in [5, 5.41) is 3.71. The van der Waals surface area contributed by atoms with Crippen molar-refractivity contribution in [3.63, 3.8) is 0 Å². The van der Waals surface area contributed by atoms with Gasteiger partial charge in [0.05, 0.1) is 7.11 Å². The summed E-state index contributed by atoms with van der Waals surface area (Å²) >= 11 is 0. The molecular formula is C18H19NO. The topological polar surface area (TPSA) is 21.3 Å². The van der Waals surface area contributed by atoms with Crippen molar-refractivity contribution in [2.75, 3.05) is 7.11 Å². The largest absolute Gasteiger partial charge is 0.496 e. The van der Waals surface area contributed by atoms with Crippen molar-refractivity contribution in [2.45, 2.75) is 24.9 Å². The molecule has 0 spiro atoms. The first-order valence-electron chi connectivity index (χ1n) is 7.31. The van der Waals surface area contributed by atoms with Gasteiger partial charge in [0.1, 0.15) is 5.75 Å². The zero-order chi connectivity index (χ0) is 13.5. The van der Waals surface area contributed by atoms with E-state index in [9.17, 15) is 0 Å². The Morgan fingerprint density at radius 2 is 1.90 bits per heavy atom. The number of nitrogens with one attached hydrogen (secondary N) is 1. The Labute approximate surface area is 119 Å². The van der Waals surface area contributed by atoms with Gasteiger partial charge in [0.2, 0.25) is 0 Å². The fourth-order valence-electron chi connectivity index (χ4n) is 3.71. The Morgan fingerprint density at radius 3 is 2.80 bits per heavy atom. The quantitative estimate of drug-likeness (QED) is 0.917. The summed E-state index contributed by atoms with van der Waals surface area (Å²) in [4.78, 5) is 0. The summed E-state index contributed by atoms with van der Waals surface area (Å²) in [7, 11) is 1.74. The monoisotopic (exact) mass is 265 g/mol. The van der Waals surface area contributed by atoms with Gasteiger partial charge in [0.25, 0.3) is 0 Å². The molecule has 2 aliphatic rings. The molecule has 2 aromatic carbocycles. The summed E-state index contributed by atoms with van der Waals surface area (Å²) in [6, 6.07) is 17.8. The van der Waals surface area contributed by atoms with E-state index in [0.717, 1.165) is 24.1 Å². The number of ether oxygens (including phenoxy) is 1. The van der Waals surface area contributed by atoms with Crippen LogP contribution in [0, 0.1) is 5.92 Å². The second kappa shape index (κ2) is 4.64. The van der Waals surface area contributed by atoms with Crippen LogP contribution in [0.3, 0.4) is 0 Å². The SMILES string of the molecule is COc1ccccc1CNC1C2Cc3ccccc3C21. The van der Waals surface area contributed by atoms with Gasteiger partial charge in [-0.2, -0.15) is 0 Å². The molecule has 2 nitrogen and oxygen atoms in total. The molecule has 1 fully saturated rings. The van der Waals surface area contributed by atoms with Gasteiger partial charge in [-0.05, 0) is 29.5 Å². The first kappa shape index (κ1) is 12.0. The van der Waals surface area contributed by atoms with Crippen molar-refractivity contribution in [1.29, 1.82) is 0 Å². The molecule has 20 heavy (non-hydrogen) atoms. The molecule has 4 rings (SSSR count). The molecular weight excluding hydrogens is 246 g/mol. The number of fused-ring (bicyclic) bond motifs is 3. The van der Waals surface area contributed by atoms with E-state index in [1.807, 2.05) is 12.1 Å². The van der Waals surface area contributed by atoms with Crippen molar-refractivity contribution in [3.05, 3.63) is 65.2 Å². The minimum Gasteiger partial charge on any atom is -0.496 e. The first-order valence-corrected chi connectivity index (χ1v) is 7.31. The van der Waals surface area contributed by atoms with Crippen LogP contribution in [0.5, 0.6) is 5.75 Å². The summed E-state index contributed by atoms with van der Waals surface area (Å²) in [5.41, 5.74) is 4.36. The second-order valence-electron chi connectivity index (χ2n) is 5.81. The highest BCUT2D eigenvalue weighted by Crippen LogP contribution is 2.56. The fraction of sp³-hybridized carbons (Fsp3) is 0.333. The van der Waals surface area contributed by atoms with Crippen LogP contribution in [-0.4, -0.2) is 13.2 Å². The highest BCUT2D eigenvalue weighted by molar-refractivity contribution is 5.45. The lowest BCUT2D eigenvalue weighted by molar-refractivity contribution is 0.407. The van der Waals surface area contributed by atoms with E-state index in [1.54, 1.807) is 18.2 Å². The van der Waals surface area contributed by atoms with Gasteiger partial charge in [-0.3, -0.25) is 0 Å². The molecule has 1 N–H and O–H groups in total. The van der Waals surface area contributed by atoms with E-state index in [-0.39, 0.29) is 0 Å². The lowest BCUT2D eigenvalue weighted by Crippen LogP contribution is -2.21. The molecule has 0 aromatic heterocycles. The third-order valence-electron chi connectivity index (χ3n) is 4.76. The normalized spacial score (nSPS) is 25.9. The second-order valence-corrected chi connectivity index (χ2v) is 5.81. The molecule has 0 amide bonds. The number of hydrogen-bond acceptors (Lipinski definition) is 2. The molecule has 3 atom stereocenters. The summed E-state index contributed by atoms with van der Waals surface area (Å²) in [6.07, 6.45) is 1.24. The number of benzene rings is 2. The van der Waals surface area contributed by atoms with Crippen LogP contribution in [0.2, 0.25) is 0 Å². The van der Waals surface area contributed by atoms with Crippen molar-refractivity contribution in [3.8, 4) is 5.75 Å². The van der Waals surface area contributed by atoms with Gasteiger partial charge in [0, 0.05) is 24.1 Å². The minimum absolute atomic E-state index is 0.648. The maximum absolute atomic E-state index is 5.41. The Balaban J connectivity index is 1.44. The molecule has 0 bridgehead atoms. The third kappa shape index (κ3) is 1.83. The van der Waals surface area contributed by atoms with Crippen molar-refractivity contribution >= 4 is 0 Å². The molecule has 0 radical (unpaired) electrons. The molecule has 2 aliphatic carbocycles. The standard InChI is InChI=1S/C18H19NO/c1-20-16-9-5-3-7-13(16)11-19-18-15-10-12-6-2-4-8-14(12)17(15)18/h2-9,15,17-19H,10-11H2,1H3. The fourth-order valence-corrected chi connectivity index (χ4v) is 3.71. The van der Waals surface area contributed by atoms with Gasteiger partial charge >= 0.3 is 0 Å². The highest BCUT2D eigenvalue weighted by atomic mass is 16.5. The van der Waals surface area contributed by atoms with Crippen LogP contribution < -0.4 is 10.1 Å². The zero-order valence-corrected chi connectivity index (χ0v) is 11.7. The maximum Gasteiger partial charge on any atom is 0.123 e. The lowest BCUT2D eigenvalue weighted by atomic mass is 10.1. The average molecular weight is 265 g/mol. The van der Waals surface area contributed by atoms with Crippen LogP contribution >= 0.6 is 0 Å². The van der Waals surface area contributed by atoms with Crippen molar-refractivity contribution in [1.82, 2.24) is 5.32 Å². The van der Waals surface area contributed by atoms with Gasteiger partial charge < -0.3 is 10.1 Å². The van der Waals surface area contributed by atoms with Crippen LogP contribution in [0.4, 0.5) is 0 Å². The predicted octanol–water partition coefficient (Wildman–Crippen LogP) is 3.12. The van der Waals surface area contributed by atoms with Crippen molar-refractivity contribution < 1.29 is 4.74 Å². The van der Waals surface area contributed by atoms with Crippen LogP contribution in [0.1, 0.15) is 22.6 Å². The van der Waals surface area contributed by atoms with Gasteiger partial charge in [-0.15, -0.1) is 0 Å². The Morgan fingerprint density at radius 1 is 1.10 bits per heavy atom. The number of methoxy groups -OCH3 is 1. The summed E-state index contributed by atoms with van der Waals surface area (Å²) in [6.45, 7) is 0.893. The minimum atomic E-state index is 0.648. The third-order valence-corrected chi connectivity index (χ3v) is 4.76. The van der Waals surface area contributed by atoms with E-state index >= 15 is 0 Å². The van der Waals surface area contributed by atoms with E-state index in [4.69, 9.17) is 4.74 Å². The van der Waals surface area contributed by atoms with Crippen LogP contribution in [0.25, 0.3) is 0 Å². The Kier molecular flexibility index (Phi) is 2.78. The van der Waals surface area contributed by atoms with Crippen molar-refractivity contribution in [2.24, 2.45) is 5.92 Å². The Hall–Kier alpha value is -1.80. The molecule has 102 valence electrons. The van der Waals surface area contributed by atoms with E-state index in [2.05, 4.69) is 41.7 Å². The lowest BCUT2D eigenvalue weighted by Gasteiger charge is -2.11. The summed E-state index contributed by atoms with van der Waals surface area (Å²) in [5.74, 6) is 2.52. The number of para-hydroxylation sites is 1. The molecule has 2 aromatic rings. The van der Waals surface area contributed by atoms with Gasteiger partial charge in [-0.1, -0.05) is 42.5 Å². The van der Waals surface area contributed by atoms with E-state index in [1.165, 1.54) is 12.0 Å². The maximum atomic E-state index is 5.41. The van der Waals surface area contributed by atoms with E-state index < -0.39 is 0 Å². The smallest absolute Gasteiger partial charge is 0.123 e. The molecule has 1 saturated carbocycles. The molecule has 2 heteroatoms. The zero-order valence-electron chi connectivity index (χ0n) is 11.7. The average Bonchev–Trinajstić information content (AvgIpc) is 3.04. The predicted molar refractivity (Wildman–Crippen MR) is 80.0 cm³/mol.